The van der Waals surface area contributed by atoms with E-state index in [-0.39, 0.29) is 0 Å². The van der Waals surface area contributed by atoms with Crippen LogP contribution in [0.1, 0.15) is 37.0 Å². The molecule has 1 saturated heterocycles. The molecule has 0 aliphatic carbocycles. The Kier molecular flexibility index (Phi) is 6.00. The van der Waals surface area contributed by atoms with Crippen LogP contribution in [0.15, 0.2) is 78.9 Å². The van der Waals surface area contributed by atoms with Crippen LogP contribution in [0.5, 0.6) is 5.75 Å². The van der Waals surface area contributed by atoms with Gasteiger partial charge in [0.05, 0.1) is 6.61 Å². The second kappa shape index (κ2) is 9.22. The fourth-order valence-electron chi connectivity index (χ4n) is 4.94. The van der Waals surface area contributed by atoms with E-state index in [0.717, 1.165) is 38.3 Å². The lowest BCUT2D eigenvalue weighted by molar-refractivity contribution is 0.209. The van der Waals surface area contributed by atoms with Gasteiger partial charge in [-0.05, 0) is 54.3 Å². The quantitative estimate of drug-likeness (QED) is 0.514. The number of rotatable bonds is 4. The van der Waals surface area contributed by atoms with E-state index in [1.807, 2.05) is 0 Å². The summed E-state index contributed by atoms with van der Waals surface area (Å²) in [5.74, 6) is 0.974. The topological polar surface area (TPSA) is 15.7 Å². The normalized spacial score (nSPS) is 17.2. The van der Waals surface area contributed by atoms with Crippen LogP contribution in [-0.4, -0.2) is 43.7 Å². The van der Waals surface area contributed by atoms with Crippen LogP contribution < -0.4 is 9.64 Å². The average molecular weight is 425 g/mol. The Morgan fingerprint density at radius 3 is 2.12 bits per heavy atom. The van der Waals surface area contributed by atoms with Gasteiger partial charge in [0.15, 0.2) is 0 Å². The van der Waals surface area contributed by atoms with Crippen molar-refractivity contribution in [3.05, 3.63) is 95.6 Å². The molecule has 3 aromatic rings. The Hall–Kier alpha value is -3.04. The third-order valence-electron chi connectivity index (χ3n) is 6.76. The van der Waals surface area contributed by atoms with Gasteiger partial charge in [0.2, 0.25) is 0 Å². The molecule has 3 heteroatoms. The number of anilines is 1. The van der Waals surface area contributed by atoms with Gasteiger partial charge in [-0.3, -0.25) is 4.90 Å². The summed E-state index contributed by atoms with van der Waals surface area (Å²) in [6.07, 6.45) is 0.896. The molecule has 0 aromatic heterocycles. The summed E-state index contributed by atoms with van der Waals surface area (Å²) in [6.45, 7) is 9.72. The fraction of sp³-hybridized carbons (Fsp3) is 0.310. The number of hydrogen-bond acceptors (Lipinski definition) is 3. The SMILES string of the molecule is CC(C)N1CCN(c2ccc(C3=C(c4ccccc4)CCOc4ccccc43)cc2)CC1. The van der Waals surface area contributed by atoms with Crippen molar-refractivity contribution in [2.45, 2.75) is 26.3 Å². The first-order valence-electron chi connectivity index (χ1n) is 11.8. The van der Waals surface area contributed by atoms with E-state index >= 15 is 0 Å². The largest absolute Gasteiger partial charge is 0.493 e. The highest BCUT2D eigenvalue weighted by atomic mass is 16.5. The lowest BCUT2D eigenvalue weighted by atomic mass is 9.88. The number of para-hydroxylation sites is 1. The zero-order valence-corrected chi connectivity index (χ0v) is 19.1. The summed E-state index contributed by atoms with van der Waals surface area (Å²) >= 11 is 0. The van der Waals surface area contributed by atoms with E-state index in [1.54, 1.807) is 0 Å². The molecule has 3 nitrogen and oxygen atoms in total. The van der Waals surface area contributed by atoms with Crippen molar-refractivity contribution in [2.75, 3.05) is 37.7 Å². The Morgan fingerprint density at radius 2 is 1.41 bits per heavy atom. The van der Waals surface area contributed by atoms with E-state index in [4.69, 9.17) is 4.74 Å². The molecule has 0 bridgehead atoms. The predicted octanol–water partition coefficient (Wildman–Crippen LogP) is 5.96. The van der Waals surface area contributed by atoms with E-state index in [1.165, 1.54) is 33.5 Å². The molecule has 0 saturated carbocycles. The molecule has 0 unspecified atom stereocenters. The van der Waals surface area contributed by atoms with Crippen molar-refractivity contribution in [3.63, 3.8) is 0 Å². The minimum atomic E-state index is 0.625. The van der Waals surface area contributed by atoms with Crippen molar-refractivity contribution >= 4 is 16.8 Å². The smallest absolute Gasteiger partial charge is 0.127 e. The van der Waals surface area contributed by atoms with Gasteiger partial charge in [0.25, 0.3) is 0 Å². The molecule has 3 aromatic carbocycles. The van der Waals surface area contributed by atoms with Crippen LogP contribution in [0, 0.1) is 0 Å². The molecule has 5 rings (SSSR count). The number of hydrogen-bond donors (Lipinski definition) is 0. The highest BCUT2D eigenvalue weighted by Crippen LogP contribution is 2.41. The Morgan fingerprint density at radius 1 is 0.719 bits per heavy atom. The number of nitrogens with zero attached hydrogens (tertiary/aromatic N) is 2. The van der Waals surface area contributed by atoms with Gasteiger partial charge in [-0.25, -0.2) is 0 Å². The first-order chi connectivity index (χ1) is 15.7. The summed E-state index contributed by atoms with van der Waals surface area (Å²) in [5, 5.41) is 0. The third-order valence-corrected chi connectivity index (χ3v) is 6.76. The second-order valence-corrected chi connectivity index (χ2v) is 8.98. The van der Waals surface area contributed by atoms with Crippen LogP contribution in [-0.2, 0) is 0 Å². The third kappa shape index (κ3) is 4.18. The Bertz CT molecular complexity index is 1080. The molecular weight excluding hydrogens is 392 g/mol. The first-order valence-corrected chi connectivity index (χ1v) is 11.8. The summed E-state index contributed by atoms with van der Waals surface area (Å²) in [6, 6.07) is 29.0. The molecule has 0 N–H and O–H groups in total. The zero-order valence-electron chi connectivity index (χ0n) is 19.1. The van der Waals surface area contributed by atoms with E-state index in [0.29, 0.717) is 12.6 Å². The highest BCUT2D eigenvalue weighted by molar-refractivity contribution is 6.00. The van der Waals surface area contributed by atoms with Crippen molar-refractivity contribution in [1.82, 2.24) is 4.90 Å². The lowest BCUT2D eigenvalue weighted by Gasteiger charge is -2.38. The van der Waals surface area contributed by atoms with Crippen molar-refractivity contribution in [1.29, 1.82) is 0 Å². The van der Waals surface area contributed by atoms with Crippen molar-refractivity contribution in [3.8, 4) is 5.75 Å². The van der Waals surface area contributed by atoms with Gasteiger partial charge in [-0.15, -0.1) is 0 Å². The van der Waals surface area contributed by atoms with E-state index in [2.05, 4.69) is 103 Å². The predicted molar refractivity (Wildman–Crippen MR) is 134 cm³/mol. The van der Waals surface area contributed by atoms with E-state index in [9.17, 15) is 0 Å². The summed E-state index contributed by atoms with van der Waals surface area (Å²) in [5.41, 5.74) is 7.68. The number of ether oxygens (including phenoxy) is 1. The number of benzene rings is 3. The summed E-state index contributed by atoms with van der Waals surface area (Å²) < 4.78 is 6.15. The van der Waals surface area contributed by atoms with Gasteiger partial charge in [0, 0.05) is 49.9 Å². The molecule has 0 spiro atoms. The van der Waals surface area contributed by atoms with Gasteiger partial charge in [-0.2, -0.15) is 0 Å². The second-order valence-electron chi connectivity index (χ2n) is 8.98. The molecule has 32 heavy (non-hydrogen) atoms. The monoisotopic (exact) mass is 424 g/mol. The van der Waals surface area contributed by atoms with Gasteiger partial charge < -0.3 is 9.64 Å². The van der Waals surface area contributed by atoms with Gasteiger partial charge >= 0.3 is 0 Å². The molecule has 2 heterocycles. The molecule has 0 radical (unpaired) electrons. The molecule has 0 amide bonds. The molecule has 164 valence electrons. The van der Waals surface area contributed by atoms with Crippen LogP contribution in [0.2, 0.25) is 0 Å². The summed E-state index contributed by atoms with van der Waals surface area (Å²) in [4.78, 5) is 5.07. The molecule has 2 aliphatic heterocycles. The minimum absolute atomic E-state index is 0.625. The summed E-state index contributed by atoms with van der Waals surface area (Å²) in [7, 11) is 0. The maximum atomic E-state index is 6.15. The van der Waals surface area contributed by atoms with Crippen molar-refractivity contribution < 1.29 is 4.74 Å². The first kappa shape index (κ1) is 20.8. The maximum Gasteiger partial charge on any atom is 0.127 e. The average Bonchev–Trinajstić information content (AvgIpc) is 3.04. The maximum absolute atomic E-state index is 6.15. The van der Waals surface area contributed by atoms with Crippen LogP contribution >= 0.6 is 0 Å². The number of fused-ring (bicyclic) bond motifs is 1. The van der Waals surface area contributed by atoms with Crippen LogP contribution in [0.25, 0.3) is 11.1 Å². The lowest BCUT2D eigenvalue weighted by Crippen LogP contribution is -2.48. The van der Waals surface area contributed by atoms with E-state index < -0.39 is 0 Å². The number of piperazine rings is 1. The molecule has 2 aliphatic rings. The highest BCUT2D eigenvalue weighted by Gasteiger charge is 2.22. The van der Waals surface area contributed by atoms with Gasteiger partial charge in [-0.1, -0.05) is 60.7 Å². The van der Waals surface area contributed by atoms with Crippen LogP contribution in [0.3, 0.4) is 0 Å². The molecule has 0 atom stereocenters. The van der Waals surface area contributed by atoms with Gasteiger partial charge in [0.1, 0.15) is 5.75 Å². The Balaban J connectivity index is 1.52. The molecular formula is C29H32N2O. The fourth-order valence-corrected chi connectivity index (χ4v) is 4.94. The molecule has 1 fully saturated rings. The van der Waals surface area contributed by atoms with Crippen LogP contribution in [0.4, 0.5) is 5.69 Å². The standard InChI is InChI=1S/C29H32N2O/c1-22(2)30-17-19-31(20-18-30)25-14-12-24(13-15-25)29-26(23-8-4-3-5-9-23)16-21-32-28-11-7-6-10-27(28)29/h3-15,22H,16-21H2,1-2H3. The zero-order chi connectivity index (χ0) is 21.9. The minimum Gasteiger partial charge on any atom is -0.493 e. The Labute approximate surface area is 191 Å². The van der Waals surface area contributed by atoms with Crippen molar-refractivity contribution in [2.24, 2.45) is 0 Å².